The van der Waals surface area contributed by atoms with Gasteiger partial charge in [-0.15, -0.1) is 11.3 Å². The van der Waals surface area contributed by atoms with Crippen LogP contribution in [0.15, 0.2) is 6.07 Å². The van der Waals surface area contributed by atoms with E-state index in [-0.39, 0.29) is 5.91 Å². The highest BCUT2D eigenvalue weighted by atomic mass is 32.1. The predicted molar refractivity (Wildman–Crippen MR) is 76.3 cm³/mol. The lowest BCUT2D eigenvalue weighted by Gasteiger charge is -2.09. The van der Waals surface area contributed by atoms with Crippen molar-refractivity contribution in [3.05, 3.63) is 21.4 Å². The number of hydrogen-bond acceptors (Lipinski definition) is 3. The minimum Gasteiger partial charge on any atom is -0.391 e. The van der Waals surface area contributed by atoms with Crippen LogP contribution in [-0.4, -0.2) is 23.7 Å². The maximum atomic E-state index is 11.9. The molecule has 1 heterocycles. The Hall–Kier alpha value is -0.870. The highest BCUT2D eigenvalue weighted by Crippen LogP contribution is 2.22. The Morgan fingerprint density at radius 1 is 1.44 bits per heavy atom. The minimum absolute atomic E-state index is 0.0689. The Labute approximate surface area is 113 Å². The highest BCUT2D eigenvalue weighted by Gasteiger charge is 2.13. The quantitative estimate of drug-likeness (QED) is 0.799. The van der Waals surface area contributed by atoms with E-state index in [1.54, 1.807) is 0 Å². The predicted octanol–water partition coefficient (Wildman–Crippen LogP) is 2.90. The van der Waals surface area contributed by atoms with E-state index in [0.717, 1.165) is 30.6 Å². The lowest BCUT2D eigenvalue weighted by Crippen LogP contribution is -2.31. The number of thiophene rings is 1. The molecule has 2 N–H and O–H groups in total. The lowest BCUT2D eigenvalue weighted by molar-refractivity contribution is 0.0914. The Morgan fingerprint density at radius 2 is 2.17 bits per heavy atom. The van der Waals surface area contributed by atoms with Crippen molar-refractivity contribution < 1.29 is 9.90 Å². The summed E-state index contributed by atoms with van der Waals surface area (Å²) in [5.74, 6) is -0.0689. The molecule has 1 rings (SSSR count). The molecular weight excluding hydrogens is 246 g/mol. The van der Waals surface area contributed by atoms with Gasteiger partial charge in [-0.05, 0) is 31.4 Å². The second-order valence-corrected chi connectivity index (χ2v) is 5.85. The molecule has 0 aromatic carbocycles. The third kappa shape index (κ3) is 4.42. The molecule has 1 amide bonds. The van der Waals surface area contributed by atoms with Crippen molar-refractivity contribution in [1.82, 2.24) is 5.32 Å². The number of carbonyl (C=O) groups excluding carboxylic acids is 1. The van der Waals surface area contributed by atoms with Crippen LogP contribution < -0.4 is 5.32 Å². The van der Waals surface area contributed by atoms with E-state index < -0.39 is 6.10 Å². The van der Waals surface area contributed by atoms with Crippen molar-refractivity contribution in [2.45, 2.75) is 52.6 Å². The number of aliphatic hydroxyl groups excluding tert-OH is 1. The van der Waals surface area contributed by atoms with Gasteiger partial charge in [0, 0.05) is 11.4 Å². The summed E-state index contributed by atoms with van der Waals surface area (Å²) in [7, 11) is 0. The van der Waals surface area contributed by atoms with Crippen LogP contribution in [-0.2, 0) is 6.42 Å². The first kappa shape index (κ1) is 15.2. The number of nitrogens with one attached hydrogen (secondary N) is 1. The van der Waals surface area contributed by atoms with Crippen LogP contribution in [0, 0.1) is 6.92 Å². The van der Waals surface area contributed by atoms with Gasteiger partial charge in [0.1, 0.15) is 0 Å². The molecular formula is C14H23NO2S. The summed E-state index contributed by atoms with van der Waals surface area (Å²) in [5.41, 5.74) is 1.27. The zero-order valence-electron chi connectivity index (χ0n) is 11.5. The van der Waals surface area contributed by atoms with E-state index in [4.69, 9.17) is 0 Å². The van der Waals surface area contributed by atoms with Crippen LogP contribution >= 0.6 is 11.3 Å². The third-order valence-corrected chi connectivity index (χ3v) is 3.98. The summed E-state index contributed by atoms with van der Waals surface area (Å²) in [5, 5.41) is 12.4. The smallest absolute Gasteiger partial charge is 0.261 e. The first-order valence-electron chi connectivity index (χ1n) is 6.64. The van der Waals surface area contributed by atoms with E-state index in [9.17, 15) is 9.90 Å². The summed E-state index contributed by atoms with van der Waals surface area (Å²) >= 11 is 1.53. The average molecular weight is 269 g/mol. The summed E-state index contributed by atoms with van der Waals surface area (Å²) in [6.45, 7) is 6.55. The zero-order valence-corrected chi connectivity index (χ0v) is 12.3. The molecule has 0 fully saturated rings. The number of carbonyl (C=O) groups is 1. The van der Waals surface area contributed by atoms with Crippen molar-refractivity contribution >= 4 is 17.2 Å². The average Bonchev–Trinajstić information content (AvgIpc) is 2.69. The van der Waals surface area contributed by atoms with Crippen molar-refractivity contribution in [3.8, 4) is 0 Å². The van der Waals surface area contributed by atoms with Crippen molar-refractivity contribution in [1.29, 1.82) is 0 Å². The van der Waals surface area contributed by atoms with Crippen molar-refractivity contribution in [2.75, 3.05) is 6.54 Å². The monoisotopic (exact) mass is 269 g/mol. The normalized spacial score (nSPS) is 12.4. The fraction of sp³-hybridized carbons (Fsp3) is 0.643. The Balaban J connectivity index is 2.53. The number of amides is 1. The van der Waals surface area contributed by atoms with Gasteiger partial charge in [-0.25, -0.2) is 0 Å². The van der Waals surface area contributed by atoms with E-state index in [2.05, 4.69) is 19.2 Å². The van der Waals surface area contributed by atoms with Crippen LogP contribution in [0.25, 0.3) is 0 Å². The summed E-state index contributed by atoms with van der Waals surface area (Å²) in [6, 6.07) is 1.98. The second-order valence-electron chi connectivity index (χ2n) is 4.59. The molecule has 1 aromatic heterocycles. The summed E-state index contributed by atoms with van der Waals surface area (Å²) < 4.78 is 0. The van der Waals surface area contributed by atoms with Gasteiger partial charge in [-0.2, -0.15) is 0 Å². The summed E-state index contributed by atoms with van der Waals surface area (Å²) in [6.07, 6.45) is 3.33. The van der Waals surface area contributed by atoms with E-state index in [0.29, 0.717) is 6.54 Å². The molecule has 18 heavy (non-hydrogen) atoms. The molecule has 0 radical (unpaired) electrons. The molecule has 0 spiro atoms. The third-order valence-electron chi connectivity index (χ3n) is 2.88. The summed E-state index contributed by atoms with van der Waals surface area (Å²) in [4.78, 5) is 13.9. The number of rotatable bonds is 7. The molecule has 0 saturated carbocycles. The fourth-order valence-corrected chi connectivity index (χ4v) is 2.87. The molecule has 1 atom stereocenters. The Bertz CT molecular complexity index is 387. The van der Waals surface area contributed by atoms with Gasteiger partial charge >= 0.3 is 0 Å². The minimum atomic E-state index is -0.435. The highest BCUT2D eigenvalue weighted by molar-refractivity contribution is 7.14. The molecule has 0 bridgehead atoms. The van der Waals surface area contributed by atoms with Crippen LogP contribution in [0.4, 0.5) is 0 Å². The van der Waals surface area contributed by atoms with Gasteiger partial charge in [0.15, 0.2) is 0 Å². The molecule has 0 aliphatic rings. The first-order valence-corrected chi connectivity index (χ1v) is 7.45. The van der Waals surface area contributed by atoms with E-state index >= 15 is 0 Å². The van der Waals surface area contributed by atoms with Crippen molar-refractivity contribution in [3.63, 3.8) is 0 Å². The van der Waals surface area contributed by atoms with E-state index in [1.165, 1.54) is 21.8 Å². The van der Waals surface area contributed by atoms with Gasteiger partial charge in [0.2, 0.25) is 0 Å². The van der Waals surface area contributed by atoms with Crippen LogP contribution in [0.2, 0.25) is 0 Å². The van der Waals surface area contributed by atoms with Gasteiger partial charge in [0.25, 0.3) is 5.91 Å². The standard InChI is InChI=1S/C14H23NO2S/c1-4-6-11-8-13(18-10(11)3)14(17)15-9-12(16)7-5-2/h8,12,16H,4-7,9H2,1-3H3,(H,15,17). The molecule has 3 nitrogen and oxygen atoms in total. The SMILES string of the molecule is CCCc1cc(C(=O)NCC(O)CCC)sc1C. The van der Waals surface area contributed by atoms with Crippen LogP contribution in [0.5, 0.6) is 0 Å². The molecule has 0 saturated heterocycles. The zero-order chi connectivity index (χ0) is 13.5. The maximum absolute atomic E-state index is 11.9. The maximum Gasteiger partial charge on any atom is 0.261 e. The Morgan fingerprint density at radius 3 is 2.78 bits per heavy atom. The molecule has 102 valence electrons. The topological polar surface area (TPSA) is 49.3 Å². The van der Waals surface area contributed by atoms with E-state index in [1.807, 2.05) is 13.0 Å². The van der Waals surface area contributed by atoms with Gasteiger partial charge in [0.05, 0.1) is 11.0 Å². The molecule has 4 heteroatoms. The number of hydrogen-bond donors (Lipinski definition) is 2. The first-order chi connectivity index (χ1) is 8.58. The molecule has 0 aliphatic carbocycles. The molecule has 0 aliphatic heterocycles. The Kier molecular flexibility index (Phi) is 6.36. The number of aryl methyl sites for hydroxylation is 2. The largest absolute Gasteiger partial charge is 0.391 e. The lowest BCUT2D eigenvalue weighted by atomic mass is 10.1. The molecule has 1 aromatic rings. The van der Waals surface area contributed by atoms with Crippen LogP contribution in [0.3, 0.4) is 0 Å². The number of aliphatic hydroxyl groups is 1. The fourth-order valence-electron chi connectivity index (χ4n) is 1.88. The van der Waals surface area contributed by atoms with Crippen molar-refractivity contribution in [2.24, 2.45) is 0 Å². The van der Waals surface area contributed by atoms with Gasteiger partial charge < -0.3 is 10.4 Å². The van der Waals surface area contributed by atoms with Crippen LogP contribution in [0.1, 0.15) is 53.2 Å². The molecule has 1 unspecified atom stereocenters. The van der Waals surface area contributed by atoms with Gasteiger partial charge in [-0.1, -0.05) is 26.7 Å². The van der Waals surface area contributed by atoms with Gasteiger partial charge in [-0.3, -0.25) is 4.79 Å². The second kappa shape index (κ2) is 7.54.